The summed E-state index contributed by atoms with van der Waals surface area (Å²) in [5.74, 6) is -1.38. The smallest absolute Gasteiger partial charge is 0.323 e. The van der Waals surface area contributed by atoms with Crippen LogP contribution in [0.4, 0.5) is 45.5 Å². The van der Waals surface area contributed by atoms with Crippen LogP contribution in [0.15, 0.2) is 103 Å². The zero-order valence-electron chi connectivity index (χ0n) is 31.7. The number of carbonyl (C=O) groups is 4. The monoisotopic (exact) mass is 852 g/mol. The van der Waals surface area contributed by atoms with Gasteiger partial charge in [-0.1, -0.05) is 0 Å². The number of primary amides is 2. The summed E-state index contributed by atoms with van der Waals surface area (Å²) in [6, 6.07) is 19.0. The summed E-state index contributed by atoms with van der Waals surface area (Å²) in [7, 11) is 0. The molecule has 2 aliphatic rings. The minimum atomic E-state index is -0.805. The fraction of sp³-hybridized carbons (Fsp3) is 0.0732. The van der Waals surface area contributed by atoms with Crippen LogP contribution < -0.4 is 56.4 Å². The highest BCUT2D eigenvalue weighted by Crippen LogP contribution is 2.35. The molecule has 8 N–H and O–H groups in total. The number of nitrogens with one attached hydrogen (secondary N) is 4. The zero-order valence-corrected chi connectivity index (χ0v) is 31.7. The quantitative estimate of drug-likeness (QED) is 0.0798. The van der Waals surface area contributed by atoms with Crippen LogP contribution in [0.5, 0.6) is 40.2 Å². The Labute approximate surface area is 347 Å². The van der Waals surface area contributed by atoms with E-state index in [1.807, 2.05) is 0 Å². The van der Waals surface area contributed by atoms with Crippen LogP contribution in [-0.4, -0.2) is 47.4 Å². The molecule has 0 fully saturated rings. The van der Waals surface area contributed by atoms with E-state index in [1.165, 1.54) is 67.0 Å². The summed E-state index contributed by atoms with van der Waals surface area (Å²) < 4.78 is 74.5. The number of fused-ring (bicyclic) bond motifs is 2. The largest absolute Gasteiger partial charge is 0.465 e. The molecule has 6 aromatic rings. The van der Waals surface area contributed by atoms with Crippen molar-refractivity contribution >= 4 is 46.6 Å². The number of nitrogens with zero attached hydrogens (tertiary/aromatic N) is 2. The lowest BCUT2D eigenvalue weighted by Crippen LogP contribution is -2.22. The molecule has 0 radical (unpaired) electrons. The van der Waals surface area contributed by atoms with Gasteiger partial charge in [0.1, 0.15) is 51.8 Å². The second-order valence-electron chi connectivity index (χ2n) is 12.7. The van der Waals surface area contributed by atoms with E-state index >= 15 is 0 Å². The van der Waals surface area contributed by atoms with Gasteiger partial charge in [-0.2, -0.15) is 0 Å². The zero-order chi connectivity index (χ0) is 43.8. The number of hydrogen-bond donors (Lipinski definition) is 6. The SMILES string of the molecule is NC(=O)c1cc(Oc2ccc(NC(=O)Nc3cc(F)cc4c3OCOC4)c(F)c2)ccn1.NC(=O)c1cc(Oc2ccc(NC(=O)Nc3ccc4c(c3)OCO4)c(F)c2)ccn1. The highest BCUT2D eigenvalue weighted by atomic mass is 19.1. The van der Waals surface area contributed by atoms with Crippen molar-refractivity contribution in [1.82, 2.24) is 9.97 Å². The standard InChI is InChI=1S/C21H16F2N4O5.C20H15FN4O5/c22-12-5-11-9-30-10-31-19(11)17(6-12)27-21(29)26-16-2-1-13(7-15(16)23)32-14-3-4-25-18(8-14)20(24)28;21-14-8-12(30-13-5-6-23-16(9-13)19(22)26)2-3-15(14)25-20(27)24-11-1-4-17-18(7-11)29-10-28-17/h1-8H,9-10H2,(H2,24,28)(H2,26,27,29);1-9H,10H2,(H2,22,26)(H2,24,25,27). The third kappa shape index (κ3) is 10.5. The number of aromatic nitrogens is 2. The van der Waals surface area contributed by atoms with Gasteiger partial charge in [0.25, 0.3) is 11.8 Å². The van der Waals surface area contributed by atoms with Gasteiger partial charge in [-0.05, 0) is 54.6 Å². The van der Waals surface area contributed by atoms with E-state index in [0.717, 1.165) is 18.2 Å². The van der Waals surface area contributed by atoms with E-state index in [9.17, 15) is 32.3 Å². The summed E-state index contributed by atoms with van der Waals surface area (Å²) in [4.78, 5) is 54.5. The van der Waals surface area contributed by atoms with Gasteiger partial charge in [-0.15, -0.1) is 0 Å². The van der Waals surface area contributed by atoms with Crippen LogP contribution >= 0.6 is 0 Å². The van der Waals surface area contributed by atoms with Gasteiger partial charge in [-0.3, -0.25) is 19.6 Å². The molecule has 0 spiro atoms. The lowest BCUT2D eigenvalue weighted by atomic mass is 10.1. The Bertz CT molecular complexity index is 2710. The summed E-state index contributed by atoms with van der Waals surface area (Å²) in [6.07, 6.45) is 2.68. The van der Waals surface area contributed by atoms with Gasteiger partial charge < -0.3 is 61.2 Å². The molecule has 2 aromatic heterocycles. The number of carbonyl (C=O) groups excluding carboxylic acids is 4. The molecular weight excluding hydrogens is 821 g/mol. The molecule has 0 saturated heterocycles. The number of nitrogens with two attached hydrogens (primary N) is 2. The van der Waals surface area contributed by atoms with Gasteiger partial charge in [0.05, 0.1) is 23.7 Å². The number of hydrogen-bond acceptors (Lipinski definition) is 12. The Morgan fingerprint density at radius 3 is 1.69 bits per heavy atom. The van der Waals surface area contributed by atoms with E-state index in [4.69, 9.17) is 39.9 Å². The number of rotatable bonds is 10. The maximum absolute atomic E-state index is 14.5. The van der Waals surface area contributed by atoms with Gasteiger partial charge in [0.15, 0.2) is 24.0 Å². The third-order valence-corrected chi connectivity index (χ3v) is 8.37. The van der Waals surface area contributed by atoms with E-state index in [1.54, 1.807) is 18.2 Å². The predicted molar refractivity (Wildman–Crippen MR) is 213 cm³/mol. The molecule has 4 aromatic carbocycles. The average molecular weight is 853 g/mol. The van der Waals surface area contributed by atoms with Crippen molar-refractivity contribution < 1.29 is 60.8 Å². The molecule has 62 heavy (non-hydrogen) atoms. The highest BCUT2D eigenvalue weighted by Gasteiger charge is 2.20. The number of halogens is 3. The van der Waals surface area contributed by atoms with Crippen LogP contribution in [0.2, 0.25) is 0 Å². The summed E-state index contributed by atoms with van der Waals surface area (Å²) in [5, 5.41) is 9.78. The van der Waals surface area contributed by atoms with E-state index < -0.39 is 41.3 Å². The van der Waals surface area contributed by atoms with E-state index in [2.05, 4.69) is 31.2 Å². The molecule has 0 bridgehead atoms. The molecule has 316 valence electrons. The van der Waals surface area contributed by atoms with Crippen molar-refractivity contribution in [3.63, 3.8) is 0 Å². The maximum Gasteiger partial charge on any atom is 0.323 e. The summed E-state index contributed by atoms with van der Waals surface area (Å²) >= 11 is 0. The average Bonchev–Trinajstić information content (AvgIpc) is 3.71. The van der Waals surface area contributed by atoms with Gasteiger partial charge in [-0.25, -0.2) is 22.8 Å². The Morgan fingerprint density at radius 2 is 1.11 bits per heavy atom. The topological polar surface area (TPSA) is 250 Å². The lowest BCUT2D eigenvalue weighted by Gasteiger charge is -2.21. The Morgan fingerprint density at radius 1 is 0.565 bits per heavy atom. The van der Waals surface area contributed by atoms with E-state index in [-0.39, 0.29) is 77.4 Å². The fourth-order valence-electron chi connectivity index (χ4n) is 5.62. The van der Waals surface area contributed by atoms with Crippen molar-refractivity contribution in [3.05, 3.63) is 138 Å². The molecule has 18 nitrogen and oxygen atoms in total. The van der Waals surface area contributed by atoms with Crippen molar-refractivity contribution in [2.24, 2.45) is 11.5 Å². The minimum absolute atomic E-state index is 0.00647. The molecule has 0 saturated carbocycles. The number of ether oxygens (including phenoxy) is 6. The summed E-state index contributed by atoms with van der Waals surface area (Å²) in [5.41, 5.74) is 11.2. The van der Waals surface area contributed by atoms with Crippen LogP contribution in [0.3, 0.4) is 0 Å². The van der Waals surface area contributed by atoms with Crippen molar-refractivity contribution in [2.45, 2.75) is 6.61 Å². The number of pyridine rings is 2. The predicted octanol–water partition coefficient (Wildman–Crippen LogP) is 7.25. The molecule has 0 unspecified atom stereocenters. The van der Waals surface area contributed by atoms with Crippen LogP contribution in [-0.2, 0) is 11.3 Å². The van der Waals surface area contributed by atoms with Crippen molar-refractivity contribution in [3.8, 4) is 40.2 Å². The molecule has 0 atom stereocenters. The maximum atomic E-state index is 14.5. The molecular formula is C41H31F3N8O10. The second kappa shape index (κ2) is 18.6. The number of urea groups is 2. The highest BCUT2D eigenvalue weighted by molar-refractivity contribution is 6.01. The minimum Gasteiger partial charge on any atom is -0.465 e. The molecule has 2 aliphatic heterocycles. The van der Waals surface area contributed by atoms with Gasteiger partial charge in [0, 0.05) is 60.0 Å². The molecule has 6 amide bonds. The van der Waals surface area contributed by atoms with Crippen LogP contribution in [0.25, 0.3) is 0 Å². The number of anilines is 4. The normalized spacial score (nSPS) is 12.0. The fourth-order valence-corrected chi connectivity index (χ4v) is 5.62. The molecule has 4 heterocycles. The first-order valence-corrected chi connectivity index (χ1v) is 17.9. The Hall–Kier alpha value is -8.59. The second-order valence-corrected chi connectivity index (χ2v) is 12.7. The first-order valence-electron chi connectivity index (χ1n) is 17.9. The van der Waals surface area contributed by atoms with Crippen LogP contribution in [0.1, 0.15) is 26.5 Å². The van der Waals surface area contributed by atoms with Crippen LogP contribution in [0, 0.1) is 17.5 Å². The molecule has 21 heteroatoms. The first kappa shape index (κ1) is 41.6. The number of amides is 6. The van der Waals surface area contributed by atoms with Gasteiger partial charge >= 0.3 is 12.1 Å². The molecule has 8 rings (SSSR count). The van der Waals surface area contributed by atoms with Crippen molar-refractivity contribution in [1.29, 1.82) is 0 Å². The van der Waals surface area contributed by atoms with Crippen molar-refractivity contribution in [2.75, 3.05) is 34.9 Å². The molecule has 0 aliphatic carbocycles. The Kier molecular flexibility index (Phi) is 12.4. The Balaban J connectivity index is 0.000000187. The lowest BCUT2D eigenvalue weighted by molar-refractivity contribution is -0.0160. The van der Waals surface area contributed by atoms with Gasteiger partial charge in [0.2, 0.25) is 6.79 Å². The van der Waals surface area contributed by atoms with E-state index in [0.29, 0.717) is 22.7 Å². The number of benzene rings is 4. The summed E-state index contributed by atoms with van der Waals surface area (Å²) in [6.45, 7) is 0.218. The first-order chi connectivity index (χ1) is 29.9. The third-order valence-electron chi connectivity index (χ3n) is 8.37.